The maximum atomic E-state index is 11.5. The van der Waals surface area contributed by atoms with Crippen LogP contribution in [0, 0.1) is 0 Å². The molecule has 0 aromatic carbocycles. The molecule has 0 bridgehead atoms. The van der Waals surface area contributed by atoms with E-state index in [9.17, 15) is 27.7 Å². The van der Waals surface area contributed by atoms with E-state index in [2.05, 4.69) is 6.92 Å². The van der Waals surface area contributed by atoms with Gasteiger partial charge < -0.3 is 10.8 Å². The molecule has 0 aliphatic carbocycles. The molecule has 2 radical (unpaired) electrons. The molecule has 144 valence electrons. The van der Waals surface area contributed by atoms with Crippen LogP contribution in [0.2, 0.25) is 0 Å². The van der Waals surface area contributed by atoms with E-state index in [1.54, 1.807) is 0 Å². The largest absolute Gasteiger partial charge is 0.480 e. The Kier molecular flexibility index (Phi) is 20.3. The van der Waals surface area contributed by atoms with Gasteiger partial charge in [0.05, 0.1) is 6.42 Å². The van der Waals surface area contributed by atoms with Crippen molar-refractivity contribution in [2.24, 2.45) is 5.73 Å². The van der Waals surface area contributed by atoms with Gasteiger partial charge in [-0.05, 0) is 6.42 Å². The van der Waals surface area contributed by atoms with E-state index < -0.39 is 33.2 Å². The van der Waals surface area contributed by atoms with Crippen molar-refractivity contribution in [1.82, 2.24) is 0 Å². The van der Waals surface area contributed by atoms with Gasteiger partial charge in [0, 0.05) is 59.1 Å². The monoisotopic (exact) mass is 411 g/mol. The Morgan fingerprint density at radius 1 is 0.885 bits per heavy atom. The van der Waals surface area contributed by atoms with Gasteiger partial charge in [-0.1, -0.05) is 71.1 Å². The fraction of sp³-hybridized carbons (Fsp3) is 0.875. The minimum atomic E-state index is -4.93. The smallest absolute Gasteiger partial charge is 0.328 e. The normalized spacial score (nSPS) is 13.2. The van der Waals surface area contributed by atoms with E-state index in [1.807, 2.05) is 0 Å². The number of unbranched alkanes of at least 4 members (excludes halogenated alkanes) is 9. The summed E-state index contributed by atoms with van der Waals surface area (Å²) in [5.74, 6) is -2.80. The molecule has 0 heterocycles. The Bertz CT molecular complexity index is 501. The topological polar surface area (TPSA) is 135 Å². The van der Waals surface area contributed by atoms with Crippen molar-refractivity contribution in [3.63, 3.8) is 0 Å². The number of rotatable bonds is 15. The molecule has 0 saturated carbocycles. The molecule has 26 heavy (non-hydrogen) atoms. The van der Waals surface area contributed by atoms with Gasteiger partial charge in [0.1, 0.15) is 0 Å². The van der Waals surface area contributed by atoms with Crippen molar-refractivity contribution in [3.05, 3.63) is 0 Å². The average Bonchev–Trinajstić information content (AvgIpc) is 2.46. The quantitative estimate of drug-likeness (QED) is 0.215. The van der Waals surface area contributed by atoms with Gasteiger partial charge in [-0.25, -0.2) is 0 Å². The first-order valence-electron chi connectivity index (χ1n) is 8.66. The molecule has 7 nitrogen and oxygen atoms in total. The number of carbonyl (C=O) groups excluding carboxylic acids is 1. The molecule has 0 spiro atoms. The minimum absolute atomic E-state index is 0. The van der Waals surface area contributed by atoms with Crippen molar-refractivity contribution in [2.45, 2.75) is 88.7 Å². The fourth-order valence-electron chi connectivity index (χ4n) is 2.78. The Morgan fingerprint density at radius 3 is 1.58 bits per heavy atom. The maximum Gasteiger partial charge on any atom is 0.328 e. The second-order valence-electron chi connectivity index (χ2n) is 6.35. The summed E-state index contributed by atoms with van der Waals surface area (Å²) in [6.45, 7) is 2.17. The van der Waals surface area contributed by atoms with Gasteiger partial charge in [-0.3, -0.25) is 14.1 Å². The molecule has 0 saturated heterocycles. The van der Waals surface area contributed by atoms with Crippen molar-refractivity contribution in [2.75, 3.05) is 0 Å². The molecule has 1 atom stereocenters. The number of carboxylic acids is 1. The van der Waals surface area contributed by atoms with Gasteiger partial charge in [0.15, 0.2) is 0 Å². The second-order valence-corrected chi connectivity index (χ2v) is 8.08. The SMILES string of the molecule is CCCCCCCCCCCCC(CC(N)=O)(C(=O)O)S(=O)(=O)O.[Na].[Na]. The molecule has 1 unspecified atom stereocenters. The van der Waals surface area contributed by atoms with Crippen LogP contribution in [0.15, 0.2) is 0 Å². The van der Waals surface area contributed by atoms with Gasteiger partial charge in [-0.15, -0.1) is 0 Å². The van der Waals surface area contributed by atoms with Crippen LogP contribution >= 0.6 is 0 Å². The van der Waals surface area contributed by atoms with Crippen LogP contribution in [0.1, 0.15) is 84.0 Å². The molecular weight excluding hydrogens is 380 g/mol. The first kappa shape index (κ1) is 31.5. The standard InChI is InChI=1S/C16H31NO6S.2Na/c1-2-3-4-5-6-7-8-9-10-11-12-16(15(19)20,13-14(17)18)24(21,22)23;;/h2-13H2,1H3,(H2,17,18)(H,19,20)(H,21,22,23);;. The van der Waals surface area contributed by atoms with Crippen LogP contribution in [0.4, 0.5) is 0 Å². The number of carbonyl (C=O) groups is 2. The predicted octanol–water partition coefficient (Wildman–Crippen LogP) is 2.12. The van der Waals surface area contributed by atoms with Crippen LogP contribution in [-0.4, -0.2) is 93.8 Å². The van der Waals surface area contributed by atoms with Gasteiger partial charge in [-0.2, -0.15) is 8.42 Å². The van der Waals surface area contributed by atoms with Gasteiger partial charge in [0.2, 0.25) is 10.7 Å². The van der Waals surface area contributed by atoms with Crippen LogP contribution in [0.5, 0.6) is 0 Å². The summed E-state index contributed by atoms with van der Waals surface area (Å²) < 4.78 is 29.7. The molecule has 10 heteroatoms. The summed E-state index contributed by atoms with van der Waals surface area (Å²) in [5.41, 5.74) is 4.96. The Labute approximate surface area is 201 Å². The molecule has 0 aliphatic heterocycles. The van der Waals surface area contributed by atoms with Crippen molar-refractivity contribution < 1.29 is 27.7 Å². The van der Waals surface area contributed by atoms with Gasteiger partial charge in [0.25, 0.3) is 10.1 Å². The summed E-state index contributed by atoms with van der Waals surface area (Å²) in [5, 5.41) is 9.20. The molecule has 0 fully saturated rings. The Hall–Kier alpha value is 0.850. The summed E-state index contributed by atoms with van der Waals surface area (Å²) in [6.07, 6.45) is 8.80. The van der Waals surface area contributed by atoms with Crippen LogP contribution in [0.25, 0.3) is 0 Å². The zero-order chi connectivity index (χ0) is 18.6. The summed E-state index contributed by atoms with van der Waals surface area (Å²) in [6, 6.07) is 0. The Morgan fingerprint density at radius 2 is 1.27 bits per heavy atom. The second kappa shape index (κ2) is 16.8. The molecule has 0 rings (SSSR count). The molecule has 0 aromatic rings. The first-order chi connectivity index (χ1) is 11.2. The van der Waals surface area contributed by atoms with E-state index >= 15 is 0 Å². The van der Waals surface area contributed by atoms with E-state index in [0.29, 0.717) is 12.8 Å². The number of amides is 1. The number of carboxylic acid groups (broad SMARTS) is 1. The third kappa shape index (κ3) is 12.3. The molecular formula is C16H31NNa2O6S. The number of hydrogen-bond donors (Lipinski definition) is 3. The third-order valence-corrected chi connectivity index (χ3v) is 5.79. The van der Waals surface area contributed by atoms with Crippen LogP contribution in [-0.2, 0) is 19.7 Å². The summed E-state index contributed by atoms with van der Waals surface area (Å²) >= 11 is 0. The molecule has 0 aromatic heterocycles. The van der Waals surface area contributed by atoms with Crippen molar-refractivity contribution in [1.29, 1.82) is 0 Å². The van der Waals surface area contributed by atoms with E-state index in [1.165, 1.54) is 32.1 Å². The summed E-state index contributed by atoms with van der Waals surface area (Å²) in [4.78, 5) is 22.4. The molecule has 0 aliphatic rings. The summed E-state index contributed by atoms with van der Waals surface area (Å²) in [7, 11) is -4.93. The van der Waals surface area contributed by atoms with Gasteiger partial charge >= 0.3 is 5.97 Å². The predicted molar refractivity (Wildman–Crippen MR) is 104 cm³/mol. The number of aliphatic carboxylic acids is 1. The van der Waals surface area contributed by atoms with E-state index in [4.69, 9.17) is 5.73 Å². The first-order valence-corrected chi connectivity index (χ1v) is 10.1. The zero-order valence-electron chi connectivity index (χ0n) is 16.5. The van der Waals surface area contributed by atoms with Crippen LogP contribution < -0.4 is 5.73 Å². The number of hydrogen-bond acceptors (Lipinski definition) is 4. The number of nitrogens with two attached hydrogens (primary N) is 1. The fourth-order valence-corrected chi connectivity index (χ4v) is 3.73. The van der Waals surface area contributed by atoms with E-state index in [-0.39, 0.29) is 65.5 Å². The van der Waals surface area contributed by atoms with Crippen molar-refractivity contribution in [3.8, 4) is 0 Å². The van der Waals surface area contributed by atoms with Crippen molar-refractivity contribution >= 4 is 81.1 Å². The maximum absolute atomic E-state index is 11.5. The number of primary amides is 1. The molecule has 1 amide bonds. The Balaban J connectivity index is -0.00000264. The molecule has 4 N–H and O–H groups in total. The third-order valence-electron chi connectivity index (χ3n) is 4.28. The average molecular weight is 411 g/mol. The van der Waals surface area contributed by atoms with E-state index in [0.717, 1.165) is 19.3 Å². The minimum Gasteiger partial charge on any atom is -0.480 e. The zero-order valence-corrected chi connectivity index (χ0v) is 21.3. The van der Waals surface area contributed by atoms with Crippen LogP contribution in [0.3, 0.4) is 0 Å².